The van der Waals surface area contributed by atoms with E-state index >= 15 is 0 Å². The number of hydrogen-bond acceptors (Lipinski definition) is 7. The molecule has 0 aromatic heterocycles. The van der Waals surface area contributed by atoms with Crippen molar-refractivity contribution in [2.24, 2.45) is 10.2 Å². The van der Waals surface area contributed by atoms with Crippen LogP contribution in [0.4, 0.5) is 11.4 Å². The molecule has 2 rings (SSSR count). The zero-order valence-corrected chi connectivity index (χ0v) is 14.1. The smallest absolute Gasteiger partial charge is 0.295 e. The van der Waals surface area contributed by atoms with Gasteiger partial charge in [-0.05, 0) is 48.9 Å². The van der Waals surface area contributed by atoms with Crippen LogP contribution in [0.5, 0.6) is 5.75 Å². The molecule has 0 amide bonds. The number of sulfonamides is 1. The highest BCUT2D eigenvalue weighted by Crippen LogP contribution is 2.27. The number of nitrogens with zero attached hydrogens (tertiary/aromatic N) is 2. The Hall–Kier alpha value is -2.98. The Labute approximate surface area is 144 Å². The molecule has 0 spiro atoms. The lowest BCUT2D eigenvalue weighted by molar-refractivity contribution is -0.384. The van der Waals surface area contributed by atoms with Crippen LogP contribution in [0.25, 0.3) is 0 Å². The molecule has 0 saturated heterocycles. The van der Waals surface area contributed by atoms with Crippen molar-refractivity contribution in [1.29, 1.82) is 0 Å². The number of hydrazone groups is 1. The zero-order valence-electron chi connectivity index (χ0n) is 13.2. The molecule has 3 N–H and O–H groups in total. The van der Waals surface area contributed by atoms with Gasteiger partial charge in [0.15, 0.2) is 0 Å². The Balaban J connectivity index is 2.18. The summed E-state index contributed by atoms with van der Waals surface area (Å²) in [6.45, 7) is 2.44. The summed E-state index contributed by atoms with van der Waals surface area (Å²) in [5.41, 5.74) is 2.86. The second kappa shape index (κ2) is 7.73. The van der Waals surface area contributed by atoms with E-state index in [9.17, 15) is 18.5 Å². The number of hydrogen-bond donors (Lipinski definition) is 2. The first-order valence-corrected chi connectivity index (χ1v) is 8.69. The largest absolute Gasteiger partial charge is 0.494 e. The molecule has 2 aromatic rings. The Morgan fingerprint density at radius 2 is 1.96 bits per heavy atom. The van der Waals surface area contributed by atoms with Crippen LogP contribution in [0.1, 0.15) is 12.5 Å². The van der Waals surface area contributed by atoms with Crippen LogP contribution in [0.15, 0.2) is 52.5 Å². The van der Waals surface area contributed by atoms with E-state index in [1.807, 2.05) is 6.92 Å². The molecule has 0 aliphatic rings. The van der Waals surface area contributed by atoms with Crippen molar-refractivity contribution in [3.8, 4) is 5.75 Å². The van der Waals surface area contributed by atoms with Gasteiger partial charge in [0, 0.05) is 6.07 Å². The molecule has 0 saturated carbocycles. The van der Waals surface area contributed by atoms with Crippen LogP contribution in [0, 0.1) is 10.1 Å². The van der Waals surface area contributed by atoms with E-state index in [-0.39, 0.29) is 10.6 Å². The summed E-state index contributed by atoms with van der Waals surface area (Å²) in [7, 11) is -4.03. The third kappa shape index (κ3) is 4.99. The summed E-state index contributed by atoms with van der Waals surface area (Å²) in [5, 5.41) is 20.0. The van der Waals surface area contributed by atoms with Crippen LogP contribution >= 0.6 is 0 Å². The highest BCUT2D eigenvalue weighted by Gasteiger charge is 2.18. The lowest BCUT2D eigenvalue weighted by Crippen LogP contribution is -2.12. The summed E-state index contributed by atoms with van der Waals surface area (Å²) >= 11 is 0. The maximum Gasteiger partial charge on any atom is 0.295 e. The minimum absolute atomic E-state index is 0.0413. The quantitative estimate of drug-likeness (QED) is 0.438. The molecule has 10 heteroatoms. The van der Waals surface area contributed by atoms with E-state index in [1.165, 1.54) is 12.3 Å². The standard InChI is InChI=1S/C15H16N4O5S/c1-2-24-12-5-3-11(4-6-12)10-17-18-14-8-7-13(25(16,22)23)9-15(14)19(20)21/h3-10,18H,2H2,1H3,(H2,16,22,23). The molecule has 0 aliphatic carbocycles. The van der Waals surface area contributed by atoms with Gasteiger partial charge >= 0.3 is 0 Å². The van der Waals surface area contributed by atoms with Gasteiger partial charge in [0.2, 0.25) is 10.0 Å². The molecule has 9 nitrogen and oxygen atoms in total. The highest BCUT2D eigenvalue weighted by atomic mass is 32.2. The molecule has 132 valence electrons. The van der Waals surface area contributed by atoms with Crippen molar-refractivity contribution in [1.82, 2.24) is 0 Å². The van der Waals surface area contributed by atoms with Gasteiger partial charge in [-0.3, -0.25) is 15.5 Å². The van der Waals surface area contributed by atoms with Gasteiger partial charge in [0.05, 0.1) is 22.6 Å². The SMILES string of the molecule is CCOc1ccc(C=NNc2ccc(S(N)(=O)=O)cc2[N+](=O)[O-])cc1. The molecule has 0 aliphatic heterocycles. The van der Waals surface area contributed by atoms with Gasteiger partial charge in [0.25, 0.3) is 5.69 Å². The number of nitro benzene ring substituents is 1. The Morgan fingerprint density at radius 3 is 2.52 bits per heavy atom. The minimum Gasteiger partial charge on any atom is -0.494 e. The molecule has 0 atom stereocenters. The molecule has 0 heterocycles. The maximum atomic E-state index is 11.3. The van der Waals surface area contributed by atoms with Crippen LogP contribution in [0.2, 0.25) is 0 Å². The molecular weight excluding hydrogens is 348 g/mol. The van der Waals surface area contributed by atoms with Gasteiger partial charge in [0.1, 0.15) is 11.4 Å². The summed E-state index contributed by atoms with van der Waals surface area (Å²) < 4.78 is 27.9. The van der Waals surface area contributed by atoms with Crippen molar-refractivity contribution in [3.63, 3.8) is 0 Å². The normalized spacial score (nSPS) is 11.4. The minimum atomic E-state index is -4.03. The summed E-state index contributed by atoms with van der Waals surface area (Å²) in [4.78, 5) is 10.0. The number of primary sulfonamides is 1. The van der Waals surface area contributed by atoms with Crippen molar-refractivity contribution in [2.45, 2.75) is 11.8 Å². The van der Waals surface area contributed by atoms with E-state index in [1.54, 1.807) is 24.3 Å². The Morgan fingerprint density at radius 1 is 1.28 bits per heavy atom. The molecule has 0 unspecified atom stereocenters. The van der Waals surface area contributed by atoms with Crippen molar-refractivity contribution < 1.29 is 18.1 Å². The molecule has 25 heavy (non-hydrogen) atoms. The Bertz CT molecular complexity index is 895. The summed E-state index contributed by atoms with van der Waals surface area (Å²) in [5.74, 6) is 0.724. The van der Waals surface area contributed by atoms with Crippen molar-refractivity contribution in [3.05, 3.63) is 58.1 Å². The first-order valence-electron chi connectivity index (χ1n) is 7.14. The average Bonchev–Trinajstić information content (AvgIpc) is 2.56. The van der Waals surface area contributed by atoms with E-state index in [0.29, 0.717) is 6.61 Å². The van der Waals surface area contributed by atoms with Crippen molar-refractivity contribution >= 4 is 27.6 Å². The first-order chi connectivity index (χ1) is 11.8. The number of nitrogens with one attached hydrogen (secondary N) is 1. The van der Waals surface area contributed by atoms with Gasteiger partial charge in [-0.2, -0.15) is 5.10 Å². The van der Waals surface area contributed by atoms with Gasteiger partial charge in [-0.1, -0.05) is 0 Å². The fourth-order valence-corrected chi connectivity index (χ4v) is 2.46. The number of nitrogens with two attached hydrogens (primary N) is 1. The predicted molar refractivity (Wildman–Crippen MR) is 93.3 cm³/mol. The highest BCUT2D eigenvalue weighted by molar-refractivity contribution is 7.89. The van der Waals surface area contributed by atoms with E-state index < -0.39 is 20.6 Å². The zero-order chi connectivity index (χ0) is 18.4. The van der Waals surface area contributed by atoms with Crippen molar-refractivity contribution in [2.75, 3.05) is 12.0 Å². The Kier molecular flexibility index (Phi) is 5.67. The molecule has 0 fully saturated rings. The van der Waals surface area contributed by atoms with Gasteiger partial charge in [-0.25, -0.2) is 13.6 Å². The van der Waals surface area contributed by atoms with Crippen LogP contribution in [0.3, 0.4) is 0 Å². The van der Waals surface area contributed by atoms with E-state index in [4.69, 9.17) is 9.88 Å². The predicted octanol–water partition coefficient (Wildman–Crippen LogP) is 2.09. The topological polar surface area (TPSA) is 137 Å². The molecule has 2 aromatic carbocycles. The number of anilines is 1. The van der Waals surface area contributed by atoms with Gasteiger partial charge < -0.3 is 4.74 Å². The first kappa shape index (κ1) is 18.4. The van der Waals surface area contributed by atoms with Gasteiger partial charge in [-0.15, -0.1) is 0 Å². The number of benzene rings is 2. The maximum absolute atomic E-state index is 11.3. The molecule has 0 bridgehead atoms. The van der Waals surface area contributed by atoms with Crippen LogP contribution in [-0.2, 0) is 10.0 Å². The number of rotatable bonds is 7. The van der Waals surface area contributed by atoms with E-state index in [0.717, 1.165) is 23.4 Å². The molecular formula is C15H16N4O5S. The monoisotopic (exact) mass is 364 g/mol. The average molecular weight is 364 g/mol. The molecule has 0 radical (unpaired) electrons. The third-order valence-electron chi connectivity index (χ3n) is 3.08. The number of nitro groups is 1. The lowest BCUT2D eigenvalue weighted by Gasteiger charge is -2.04. The fourth-order valence-electron chi connectivity index (χ4n) is 1.93. The third-order valence-corrected chi connectivity index (χ3v) is 4.00. The van der Waals surface area contributed by atoms with Crippen LogP contribution in [-0.4, -0.2) is 26.2 Å². The van der Waals surface area contributed by atoms with E-state index in [2.05, 4.69) is 10.5 Å². The second-order valence-electron chi connectivity index (χ2n) is 4.85. The summed E-state index contributed by atoms with van der Waals surface area (Å²) in [6, 6.07) is 10.4. The lowest BCUT2D eigenvalue weighted by atomic mass is 10.2. The number of ether oxygens (including phenoxy) is 1. The second-order valence-corrected chi connectivity index (χ2v) is 6.41. The van der Waals surface area contributed by atoms with Crippen LogP contribution < -0.4 is 15.3 Å². The summed E-state index contributed by atoms with van der Waals surface area (Å²) in [6.07, 6.45) is 1.47. The fraction of sp³-hybridized carbons (Fsp3) is 0.133.